The third-order valence-corrected chi connectivity index (χ3v) is 5.08. The lowest BCUT2D eigenvalue weighted by atomic mass is 10.3. The molecule has 2 aromatic carbocycles. The highest BCUT2D eigenvalue weighted by Gasteiger charge is 2.17. The highest BCUT2D eigenvalue weighted by Crippen LogP contribution is 2.27. The molecule has 0 aliphatic rings. The molecule has 3 aromatic rings. The van der Waals surface area contributed by atoms with Gasteiger partial charge in [-0.1, -0.05) is 34.8 Å². The first-order valence-corrected chi connectivity index (χ1v) is 11.4. The maximum atomic E-state index is 12.1. The Balaban J connectivity index is 1.46. The fourth-order valence-corrected chi connectivity index (χ4v) is 3.48. The molecule has 1 aromatic heterocycles. The van der Waals surface area contributed by atoms with Crippen LogP contribution in [0.4, 0.5) is 11.4 Å². The highest BCUT2D eigenvalue weighted by atomic mass is 35.5. The molecule has 0 aliphatic heterocycles. The van der Waals surface area contributed by atoms with E-state index in [-0.39, 0.29) is 23.7 Å². The summed E-state index contributed by atoms with van der Waals surface area (Å²) in [4.78, 5) is 48.2. The van der Waals surface area contributed by atoms with E-state index < -0.39 is 23.6 Å². The number of halogens is 3. The number of furan rings is 1. The first-order chi connectivity index (χ1) is 17.6. The molecule has 14 heteroatoms. The quantitative estimate of drug-likeness (QED) is 0.195. The lowest BCUT2D eigenvalue weighted by Gasteiger charge is -2.09. The number of nitrogens with zero attached hydrogens (tertiary/aromatic N) is 1. The van der Waals surface area contributed by atoms with Crippen molar-refractivity contribution in [2.75, 3.05) is 17.7 Å². The van der Waals surface area contributed by atoms with Crippen molar-refractivity contribution < 1.29 is 28.3 Å². The summed E-state index contributed by atoms with van der Waals surface area (Å²) in [5, 5.41) is 11.7. The summed E-state index contributed by atoms with van der Waals surface area (Å²) in [6.07, 6.45) is 1.14. The van der Waals surface area contributed by atoms with Gasteiger partial charge in [-0.2, -0.15) is 5.10 Å². The first-order valence-electron chi connectivity index (χ1n) is 10.3. The minimum Gasteiger partial charge on any atom is -0.495 e. The van der Waals surface area contributed by atoms with Gasteiger partial charge in [0.15, 0.2) is 0 Å². The molecule has 0 saturated carbocycles. The molecule has 1 heterocycles. The second-order valence-corrected chi connectivity index (χ2v) is 8.41. The maximum Gasteiger partial charge on any atom is 0.329 e. The number of carbonyl (C=O) groups excluding carboxylic acids is 4. The van der Waals surface area contributed by atoms with Crippen LogP contribution in [0.15, 0.2) is 58.0 Å². The zero-order valence-corrected chi connectivity index (χ0v) is 21.2. The molecule has 3 rings (SSSR count). The molecule has 0 saturated heterocycles. The van der Waals surface area contributed by atoms with Gasteiger partial charge in [-0.3, -0.25) is 19.2 Å². The van der Waals surface area contributed by atoms with E-state index in [4.69, 9.17) is 44.0 Å². The molecule has 192 valence electrons. The summed E-state index contributed by atoms with van der Waals surface area (Å²) in [5.74, 6) is -3.08. The van der Waals surface area contributed by atoms with E-state index >= 15 is 0 Å². The maximum absolute atomic E-state index is 12.1. The average molecular weight is 567 g/mol. The van der Waals surface area contributed by atoms with E-state index in [1.54, 1.807) is 6.07 Å². The van der Waals surface area contributed by atoms with Crippen LogP contribution in [0.2, 0.25) is 15.1 Å². The molecule has 0 unspecified atom stereocenters. The number of anilines is 2. The van der Waals surface area contributed by atoms with Crippen LogP contribution >= 0.6 is 34.8 Å². The molecule has 11 nitrogen and oxygen atoms in total. The second-order valence-electron chi connectivity index (χ2n) is 7.10. The minimum atomic E-state index is -1.05. The number of carbonyl (C=O) groups is 4. The fourth-order valence-electron chi connectivity index (χ4n) is 2.78. The largest absolute Gasteiger partial charge is 0.495 e. The predicted octanol–water partition coefficient (Wildman–Crippen LogP) is 3.59. The lowest BCUT2D eigenvalue weighted by Crippen LogP contribution is -2.34. The SMILES string of the molecule is COc1ccc(Cl)cc1NC(=O)C(=O)N/N=C/c1ccc(CNC(=O)C(=O)Nc2cc(Cl)cc(Cl)c2)o1. The minimum absolute atomic E-state index is 0.105. The second kappa shape index (κ2) is 12.8. The first kappa shape index (κ1) is 27.5. The van der Waals surface area contributed by atoms with Crippen LogP contribution in [0.25, 0.3) is 0 Å². The summed E-state index contributed by atoms with van der Waals surface area (Å²) in [5.41, 5.74) is 2.52. The number of benzene rings is 2. The van der Waals surface area contributed by atoms with Crippen LogP contribution < -0.4 is 26.1 Å². The zero-order valence-electron chi connectivity index (χ0n) is 18.9. The normalized spacial score (nSPS) is 10.6. The Labute approximate surface area is 225 Å². The van der Waals surface area contributed by atoms with E-state index in [9.17, 15) is 19.2 Å². The number of hydrogen-bond acceptors (Lipinski definition) is 7. The summed E-state index contributed by atoms with van der Waals surface area (Å²) in [6.45, 7) is -0.105. The van der Waals surface area contributed by atoms with Crippen molar-refractivity contribution in [1.29, 1.82) is 0 Å². The average Bonchev–Trinajstić information content (AvgIpc) is 3.29. The zero-order chi connectivity index (χ0) is 26.9. The Hall–Kier alpha value is -4.06. The van der Waals surface area contributed by atoms with Gasteiger partial charge in [0.05, 0.1) is 25.6 Å². The van der Waals surface area contributed by atoms with Crippen LogP contribution in [0, 0.1) is 0 Å². The van der Waals surface area contributed by atoms with Crippen LogP contribution in [-0.4, -0.2) is 37.0 Å². The Morgan fingerprint density at radius 1 is 0.865 bits per heavy atom. The fraction of sp³-hybridized carbons (Fsp3) is 0.0870. The van der Waals surface area contributed by atoms with Crippen molar-refractivity contribution in [3.05, 3.63) is 75.1 Å². The van der Waals surface area contributed by atoms with Crippen LogP contribution in [-0.2, 0) is 25.7 Å². The van der Waals surface area contributed by atoms with Gasteiger partial charge in [-0.25, -0.2) is 5.43 Å². The van der Waals surface area contributed by atoms with Gasteiger partial charge >= 0.3 is 23.6 Å². The number of hydrogen-bond donors (Lipinski definition) is 4. The molecule has 0 fully saturated rings. The summed E-state index contributed by atoms with van der Waals surface area (Å²) < 4.78 is 10.5. The molecular weight excluding hydrogens is 549 g/mol. The number of hydrazone groups is 1. The van der Waals surface area contributed by atoms with E-state index in [2.05, 4.69) is 26.5 Å². The third kappa shape index (κ3) is 8.24. The van der Waals surface area contributed by atoms with Gasteiger partial charge in [-0.15, -0.1) is 0 Å². The van der Waals surface area contributed by atoms with Crippen molar-refractivity contribution in [1.82, 2.24) is 10.7 Å². The van der Waals surface area contributed by atoms with E-state index in [1.165, 1.54) is 49.6 Å². The van der Waals surface area contributed by atoms with Gasteiger partial charge in [0.25, 0.3) is 0 Å². The summed E-state index contributed by atoms with van der Waals surface area (Å²) in [6, 6.07) is 11.9. The topological polar surface area (TPSA) is 151 Å². The molecule has 0 radical (unpaired) electrons. The van der Waals surface area contributed by atoms with Crippen LogP contribution in [0.5, 0.6) is 5.75 Å². The third-order valence-electron chi connectivity index (χ3n) is 4.41. The summed E-state index contributed by atoms with van der Waals surface area (Å²) >= 11 is 17.6. The Morgan fingerprint density at radius 3 is 2.27 bits per heavy atom. The Kier molecular flexibility index (Phi) is 9.50. The Morgan fingerprint density at radius 2 is 1.57 bits per heavy atom. The van der Waals surface area contributed by atoms with Gasteiger partial charge in [0.2, 0.25) is 0 Å². The van der Waals surface area contributed by atoms with Crippen molar-refractivity contribution in [3.63, 3.8) is 0 Å². The van der Waals surface area contributed by atoms with E-state index in [1.807, 2.05) is 0 Å². The number of methoxy groups -OCH3 is 1. The van der Waals surface area contributed by atoms with Gasteiger partial charge in [-0.05, 0) is 48.5 Å². The number of amides is 4. The predicted molar refractivity (Wildman–Crippen MR) is 138 cm³/mol. The van der Waals surface area contributed by atoms with Crippen molar-refractivity contribution in [2.45, 2.75) is 6.54 Å². The van der Waals surface area contributed by atoms with E-state index in [0.29, 0.717) is 26.6 Å². The number of nitrogens with one attached hydrogen (secondary N) is 4. The molecule has 4 N–H and O–H groups in total. The molecule has 0 bridgehead atoms. The van der Waals surface area contributed by atoms with Crippen molar-refractivity contribution in [3.8, 4) is 5.75 Å². The van der Waals surface area contributed by atoms with Gasteiger partial charge < -0.3 is 25.1 Å². The standard InChI is InChI=1S/C23H18Cl3N5O6/c1-36-19-5-2-12(24)9-18(19)30-22(34)23(35)31-28-11-17-4-3-16(37-17)10-27-20(32)21(33)29-15-7-13(25)6-14(26)8-15/h2-9,11H,10H2,1H3,(H,27,32)(H,29,33)(H,30,34)(H,31,35)/b28-11+. The highest BCUT2D eigenvalue weighted by molar-refractivity contribution is 6.41. The molecule has 0 aliphatic carbocycles. The Bertz CT molecular complexity index is 1350. The van der Waals surface area contributed by atoms with Crippen molar-refractivity contribution >= 4 is 76.0 Å². The molecule has 4 amide bonds. The number of ether oxygens (including phenoxy) is 1. The molecular formula is C23H18Cl3N5O6. The molecule has 37 heavy (non-hydrogen) atoms. The van der Waals surface area contributed by atoms with Crippen LogP contribution in [0.1, 0.15) is 11.5 Å². The van der Waals surface area contributed by atoms with Crippen LogP contribution in [0.3, 0.4) is 0 Å². The molecule has 0 spiro atoms. The smallest absolute Gasteiger partial charge is 0.329 e. The van der Waals surface area contributed by atoms with Gasteiger partial charge in [0, 0.05) is 20.8 Å². The van der Waals surface area contributed by atoms with Gasteiger partial charge in [0.1, 0.15) is 17.3 Å². The van der Waals surface area contributed by atoms with E-state index in [0.717, 1.165) is 6.21 Å². The lowest BCUT2D eigenvalue weighted by molar-refractivity contribution is -0.136. The van der Waals surface area contributed by atoms with Crippen molar-refractivity contribution in [2.24, 2.45) is 5.10 Å². The molecule has 0 atom stereocenters. The monoisotopic (exact) mass is 565 g/mol. The number of rotatable bonds is 7. The summed E-state index contributed by atoms with van der Waals surface area (Å²) in [7, 11) is 1.40.